The third kappa shape index (κ3) is 9.56. The first-order chi connectivity index (χ1) is 9.16. The molecule has 0 radical (unpaired) electrons. The minimum absolute atomic E-state index is 0.214. The maximum Gasteiger partial charge on any atom is 0.303 e. The number of esters is 1. The molecule has 0 amide bonds. The number of allylic oxidation sites excluding steroid dienone is 2. The van der Waals surface area contributed by atoms with Crippen LogP contribution < -0.4 is 0 Å². The predicted molar refractivity (Wildman–Crippen MR) is 83.4 cm³/mol. The molecule has 0 spiro atoms. The van der Waals surface area contributed by atoms with Gasteiger partial charge in [0, 0.05) is 13.3 Å². The van der Waals surface area contributed by atoms with Gasteiger partial charge in [-0.3, -0.25) is 4.79 Å². The number of ether oxygens (including phenoxy) is 1. The Morgan fingerprint density at radius 3 is 2.40 bits per heavy atom. The van der Waals surface area contributed by atoms with Crippen LogP contribution in [0, 0.1) is 0 Å². The topological polar surface area (TPSA) is 46.5 Å². The standard InChI is InChI=1S/C17H28O3/c1-7-17(6,19)10-8-9-14(4)12-16(11-13(2)3)20-15(5)18/h7,9,11,16,19H,1,8,10,12H2,2-6H3/b14-9-/t16-,17+/m1/s1. The lowest BCUT2D eigenvalue weighted by molar-refractivity contribution is -0.144. The van der Waals surface area contributed by atoms with Crippen LogP contribution in [0.4, 0.5) is 0 Å². The summed E-state index contributed by atoms with van der Waals surface area (Å²) < 4.78 is 5.28. The molecule has 0 rings (SSSR count). The molecule has 0 saturated heterocycles. The molecule has 0 bridgehead atoms. The summed E-state index contributed by atoms with van der Waals surface area (Å²) in [5.41, 5.74) is 1.44. The quantitative estimate of drug-likeness (QED) is 0.541. The van der Waals surface area contributed by atoms with Crippen molar-refractivity contribution in [3.63, 3.8) is 0 Å². The van der Waals surface area contributed by atoms with Gasteiger partial charge in [-0.25, -0.2) is 0 Å². The van der Waals surface area contributed by atoms with E-state index < -0.39 is 5.60 Å². The highest BCUT2D eigenvalue weighted by Crippen LogP contribution is 2.17. The molecule has 0 aromatic rings. The fraction of sp³-hybridized carbons (Fsp3) is 0.588. The number of carbonyl (C=O) groups excluding carboxylic acids is 1. The van der Waals surface area contributed by atoms with Crippen LogP contribution in [0.15, 0.2) is 36.0 Å². The van der Waals surface area contributed by atoms with Crippen molar-refractivity contribution < 1.29 is 14.6 Å². The van der Waals surface area contributed by atoms with Gasteiger partial charge in [0.25, 0.3) is 0 Å². The second-order valence-corrected chi connectivity index (χ2v) is 5.75. The Balaban J connectivity index is 4.51. The van der Waals surface area contributed by atoms with Crippen LogP contribution in [0.2, 0.25) is 0 Å². The minimum atomic E-state index is -0.827. The smallest absolute Gasteiger partial charge is 0.303 e. The Morgan fingerprint density at radius 1 is 1.35 bits per heavy atom. The number of carbonyl (C=O) groups is 1. The molecule has 0 unspecified atom stereocenters. The normalized spacial score (nSPS) is 16.0. The zero-order chi connectivity index (χ0) is 15.8. The molecule has 2 atom stereocenters. The van der Waals surface area contributed by atoms with Crippen molar-refractivity contribution in [2.24, 2.45) is 0 Å². The lowest BCUT2D eigenvalue weighted by Crippen LogP contribution is -2.19. The van der Waals surface area contributed by atoms with E-state index in [0.29, 0.717) is 12.8 Å². The van der Waals surface area contributed by atoms with Crippen LogP contribution >= 0.6 is 0 Å². The summed E-state index contributed by atoms with van der Waals surface area (Å²) >= 11 is 0. The van der Waals surface area contributed by atoms with Crippen LogP contribution in [0.1, 0.15) is 53.9 Å². The first-order valence-electron chi connectivity index (χ1n) is 7.00. The summed E-state index contributed by atoms with van der Waals surface area (Å²) in [5.74, 6) is -0.269. The molecule has 0 aliphatic rings. The van der Waals surface area contributed by atoms with E-state index in [2.05, 4.69) is 12.7 Å². The molecule has 0 heterocycles. The van der Waals surface area contributed by atoms with Crippen molar-refractivity contribution in [3.8, 4) is 0 Å². The van der Waals surface area contributed by atoms with Crippen molar-refractivity contribution in [1.29, 1.82) is 0 Å². The van der Waals surface area contributed by atoms with E-state index in [-0.39, 0.29) is 12.1 Å². The second kappa shape index (κ2) is 8.75. The first kappa shape index (κ1) is 18.7. The highest BCUT2D eigenvalue weighted by molar-refractivity contribution is 5.66. The van der Waals surface area contributed by atoms with E-state index in [4.69, 9.17) is 4.74 Å². The zero-order valence-corrected chi connectivity index (χ0v) is 13.4. The van der Waals surface area contributed by atoms with Gasteiger partial charge in [0.05, 0.1) is 5.60 Å². The Labute approximate surface area is 123 Å². The fourth-order valence-electron chi connectivity index (χ4n) is 1.83. The van der Waals surface area contributed by atoms with Gasteiger partial charge in [0.1, 0.15) is 6.10 Å². The monoisotopic (exact) mass is 280 g/mol. The minimum Gasteiger partial charge on any atom is -0.458 e. The number of rotatable bonds is 8. The van der Waals surface area contributed by atoms with Gasteiger partial charge < -0.3 is 9.84 Å². The fourth-order valence-corrected chi connectivity index (χ4v) is 1.83. The summed E-state index contributed by atoms with van der Waals surface area (Å²) in [6.45, 7) is 12.8. The molecule has 0 saturated carbocycles. The van der Waals surface area contributed by atoms with Gasteiger partial charge >= 0.3 is 5.97 Å². The van der Waals surface area contributed by atoms with Crippen LogP contribution in [0.3, 0.4) is 0 Å². The molecule has 1 N–H and O–H groups in total. The van der Waals surface area contributed by atoms with Gasteiger partial charge in [-0.05, 0) is 46.6 Å². The molecular weight excluding hydrogens is 252 g/mol. The number of hydrogen-bond donors (Lipinski definition) is 1. The average molecular weight is 280 g/mol. The van der Waals surface area contributed by atoms with Crippen molar-refractivity contribution in [2.45, 2.75) is 65.6 Å². The summed E-state index contributed by atoms with van der Waals surface area (Å²) in [7, 11) is 0. The van der Waals surface area contributed by atoms with Gasteiger partial charge in [-0.2, -0.15) is 0 Å². The van der Waals surface area contributed by atoms with E-state index in [9.17, 15) is 9.90 Å². The maximum atomic E-state index is 11.1. The van der Waals surface area contributed by atoms with Gasteiger partial charge in [-0.15, -0.1) is 6.58 Å². The zero-order valence-electron chi connectivity index (χ0n) is 13.4. The summed E-state index contributed by atoms with van der Waals surface area (Å²) in [6.07, 6.45) is 7.46. The highest BCUT2D eigenvalue weighted by atomic mass is 16.5. The van der Waals surface area contributed by atoms with Crippen molar-refractivity contribution in [3.05, 3.63) is 36.0 Å². The molecule has 0 aliphatic carbocycles. The van der Waals surface area contributed by atoms with Gasteiger partial charge in [0.15, 0.2) is 0 Å². The Kier molecular flexibility index (Phi) is 8.16. The third-order valence-corrected chi connectivity index (χ3v) is 2.94. The van der Waals surface area contributed by atoms with Crippen molar-refractivity contribution in [2.75, 3.05) is 0 Å². The Hall–Kier alpha value is -1.35. The molecule has 3 nitrogen and oxygen atoms in total. The molecule has 0 fully saturated rings. The van der Waals surface area contributed by atoms with E-state index in [1.165, 1.54) is 6.92 Å². The molecule has 0 aromatic carbocycles. The molecule has 0 aromatic heterocycles. The lowest BCUT2D eigenvalue weighted by Gasteiger charge is -2.17. The molecular formula is C17H28O3. The third-order valence-electron chi connectivity index (χ3n) is 2.94. The largest absolute Gasteiger partial charge is 0.458 e. The predicted octanol–water partition coefficient (Wildman–Crippen LogP) is 3.94. The number of hydrogen-bond acceptors (Lipinski definition) is 3. The van der Waals surface area contributed by atoms with Crippen LogP contribution in [-0.2, 0) is 9.53 Å². The first-order valence-corrected chi connectivity index (χ1v) is 7.00. The maximum absolute atomic E-state index is 11.1. The van der Waals surface area contributed by atoms with E-state index >= 15 is 0 Å². The molecule has 20 heavy (non-hydrogen) atoms. The van der Waals surface area contributed by atoms with Crippen LogP contribution in [0.5, 0.6) is 0 Å². The Morgan fingerprint density at radius 2 is 1.95 bits per heavy atom. The van der Waals surface area contributed by atoms with E-state index in [1.54, 1.807) is 13.0 Å². The molecule has 3 heteroatoms. The van der Waals surface area contributed by atoms with E-state index in [1.807, 2.05) is 26.8 Å². The Bertz CT molecular complexity index is 385. The SMILES string of the molecule is C=C[C@](C)(O)CC/C=C(/C)C[C@@H](C=C(C)C)OC(C)=O. The summed E-state index contributed by atoms with van der Waals surface area (Å²) in [6, 6.07) is 0. The lowest BCUT2D eigenvalue weighted by atomic mass is 9.98. The van der Waals surface area contributed by atoms with Gasteiger partial charge in [0.2, 0.25) is 0 Å². The van der Waals surface area contributed by atoms with E-state index in [0.717, 1.165) is 17.6 Å². The second-order valence-electron chi connectivity index (χ2n) is 5.75. The molecule has 114 valence electrons. The number of aliphatic hydroxyl groups is 1. The van der Waals surface area contributed by atoms with Gasteiger partial charge in [-0.1, -0.05) is 23.3 Å². The van der Waals surface area contributed by atoms with Crippen molar-refractivity contribution in [1.82, 2.24) is 0 Å². The van der Waals surface area contributed by atoms with Crippen LogP contribution in [0.25, 0.3) is 0 Å². The average Bonchev–Trinajstić information content (AvgIpc) is 2.26. The van der Waals surface area contributed by atoms with Crippen LogP contribution in [-0.4, -0.2) is 22.8 Å². The highest BCUT2D eigenvalue weighted by Gasteiger charge is 2.14. The van der Waals surface area contributed by atoms with Crippen molar-refractivity contribution >= 4 is 5.97 Å². The summed E-state index contributed by atoms with van der Waals surface area (Å²) in [4.78, 5) is 11.1. The molecule has 0 aliphatic heterocycles. The summed E-state index contributed by atoms with van der Waals surface area (Å²) in [5, 5.41) is 9.83.